The molecule has 78 valence electrons. The molecule has 0 amide bonds. The first-order valence-corrected chi connectivity index (χ1v) is 5.88. The summed E-state index contributed by atoms with van der Waals surface area (Å²) in [5.74, 6) is -0.178. The van der Waals surface area contributed by atoms with Gasteiger partial charge in [0.25, 0.3) is 0 Å². The van der Waals surface area contributed by atoms with Crippen molar-refractivity contribution in [1.82, 2.24) is 5.32 Å². The molecule has 0 aliphatic carbocycles. The molecule has 1 atom stereocenters. The van der Waals surface area contributed by atoms with Crippen LogP contribution in [0.25, 0.3) is 0 Å². The van der Waals surface area contributed by atoms with Crippen LogP contribution in [0.3, 0.4) is 0 Å². The Morgan fingerprint density at radius 1 is 1.36 bits per heavy atom. The first-order valence-electron chi connectivity index (χ1n) is 4.76. The fourth-order valence-electron chi connectivity index (χ4n) is 1.16. The molecule has 0 aliphatic heterocycles. The van der Waals surface area contributed by atoms with Gasteiger partial charge in [0, 0.05) is 17.9 Å². The Labute approximate surface area is 92.8 Å². The van der Waals surface area contributed by atoms with Crippen LogP contribution in [0.2, 0.25) is 0 Å². The van der Waals surface area contributed by atoms with Gasteiger partial charge in [0.2, 0.25) is 0 Å². The lowest BCUT2D eigenvalue weighted by molar-refractivity contribution is 0.537. The van der Waals surface area contributed by atoms with Crippen LogP contribution in [-0.2, 0) is 6.54 Å². The molecule has 1 aromatic rings. The maximum absolute atomic E-state index is 12.6. The molecule has 1 unspecified atom stereocenters. The fraction of sp³-hybridized carbons (Fsp3) is 0.455. The van der Waals surface area contributed by atoms with Crippen molar-refractivity contribution in [2.45, 2.75) is 25.9 Å². The van der Waals surface area contributed by atoms with Gasteiger partial charge in [0.05, 0.1) is 0 Å². The van der Waals surface area contributed by atoms with Crippen molar-refractivity contribution in [3.05, 3.63) is 35.6 Å². The summed E-state index contributed by atoms with van der Waals surface area (Å²) in [7, 11) is 0. The number of nitrogens with one attached hydrogen (secondary N) is 1. The highest BCUT2D eigenvalue weighted by atomic mass is 79.9. The van der Waals surface area contributed by atoms with Gasteiger partial charge in [-0.05, 0) is 31.0 Å². The van der Waals surface area contributed by atoms with E-state index in [2.05, 4.69) is 28.2 Å². The molecule has 0 saturated carbocycles. The van der Waals surface area contributed by atoms with Crippen LogP contribution in [0.4, 0.5) is 4.39 Å². The zero-order chi connectivity index (χ0) is 10.4. The molecule has 1 rings (SSSR count). The molecule has 3 heteroatoms. The molecule has 0 aliphatic rings. The topological polar surface area (TPSA) is 12.0 Å². The Balaban J connectivity index is 2.34. The third-order valence-electron chi connectivity index (χ3n) is 2.11. The number of benzene rings is 1. The second kappa shape index (κ2) is 6.14. The summed E-state index contributed by atoms with van der Waals surface area (Å²) >= 11 is 3.40. The Morgan fingerprint density at radius 3 is 2.57 bits per heavy atom. The zero-order valence-corrected chi connectivity index (χ0v) is 9.85. The average Bonchev–Trinajstić information content (AvgIpc) is 2.17. The van der Waals surface area contributed by atoms with Crippen molar-refractivity contribution in [2.24, 2.45) is 0 Å². The van der Waals surface area contributed by atoms with Crippen LogP contribution >= 0.6 is 15.9 Å². The van der Waals surface area contributed by atoms with E-state index in [0.29, 0.717) is 6.04 Å². The number of rotatable bonds is 5. The maximum Gasteiger partial charge on any atom is 0.123 e. The van der Waals surface area contributed by atoms with E-state index in [1.807, 2.05) is 12.1 Å². The maximum atomic E-state index is 12.6. The molecule has 1 nitrogen and oxygen atoms in total. The SMILES string of the molecule is CC(CCBr)NCc1ccc(F)cc1. The Morgan fingerprint density at radius 2 is 2.00 bits per heavy atom. The average molecular weight is 260 g/mol. The molecule has 0 fully saturated rings. The summed E-state index contributed by atoms with van der Waals surface area (Å²) in [6, 6.07) is 7.09. The van der Waals surface area contributed by atoms with Crippen LogP contribution in [0.1, 0.15) is 18.9 Å². The molecule has 1 N–H and O–H groups in total. The predicted octanol–water partition coefficient (Wildman–Crippen LogP) is 3.09. The minimum Gasteiger partial charge on any atom is -0.310 e. The van der Waals surface area contributed by atoms with Gasteiger partial charge < -0.3 is 5.32 Å². The number of hydrogen-bond acceptors (Lipinski definition) is 1. The van der Waals surface area contributed by atoms with Gasteiger partial charge in [-0.2, -0.15) is 0 Å². The van der Waals surface area contributed by atoms with Gasteiger partial charge in [-0.3, -0.25) is 0 Å². The first kappa shape index (κ1) is 11.7. The third kappa shape index (κ3) is 4.20. The zero-order valence-electron chi connectivity index (χ0n) is 8.26. The number of halogens is 2. The number of alkyl halides is 1. The fourth-order valence-corrected chi connectivity index (χ4v) is 1.85. The molecular weight excluding hydrogens is 245 g/mol. The lowest BCUT2D eigenvalue weighted by atomic mass is 10.2. The summed E-state index contributed by atoms with van der Waals surface area (Å²) in [6.07, 6.45) is 1.10. The van der Waals surface area contributed by atoms with Crippen LogP contribution in [-0.4, -0.2) is 11.4 Å². The van der Waals surface area contributed by atoms with Crippen molar-refractivity contribution in [2.75, 3.05) is 5.33 Å². The van der Waals surface area contributed by atoms with E-state index >= 15 is 0 Å². The molecule has 0 aromatic heterocycles. The summed E-state index contributed by atoms with van der Waals surface area (Å²) in [6.45, 7) is 2.94. The molecule has 0 heterocycles. The molecule has 0 spiro atoms. The molecular formula is C11H15BrFN. The molecule has 0 radical (unpaired) electrons. The normalized spacial score (nSPS) is 12.8. The highest BCUT2D eigenvalue weighted by Crippen LogP contribution is 2.03. The van der Waals surface area contributed by atoms with E-state index in [9.17, 15) is 4.39 Å². The van der Waals surface area contributed by atoms with E-state index in [4.69, 9.17) is 0 Å². The van der Waals surface area contributed by atoms with Gasteiger partial charge in [0.1, 0.15) is 5.82 Å². The van der Waals surface area contributed by atoms with Gasteiger partial charge in [-0.15, -0.1) is 0 Å². The van der Waals surface area contributed by atoms with Crippen LogP contribution in [0.15, 0.2) is 24.3 Å². The van der Waals surface area contributed by atoms with Gasteiger partial charge in [-0.25, -0.2) is 4.39 Å². The highest BCUT2D eigenvalue weighted by Gasteiger charge is 2.00. The smallest absolute Gasteiger partial charge is 0.123 e. The summed E-state index contributed by atoms with van der Waals surface area (Å²) in [4.78, 5) is 0. The minimum absolute atomic E-state index is 0.178. The molecule has 1 aromatic carbocycles. The molecule has 0 saturated heterocycles. The summed E-state index contributed by atoms with van der Waals surface area (Å²) in [5.41, 5.74) is 1.12. The van der Waals surface area contributed by atoms with Crippen LogP contribution in [0.5, 0.6) is 0 Å². The van der Waals surface area contributed by atoms with E-state index in [1.54, 1.807) is 0 Å². The summed E-state index contributed by atoms with van der Waals surface area (Å²) < 4.78 is 12.6. The monoisotopic (exact) mass is 259 g/mol. The van der Waals surface area contributed by atoms with Gasteiger partial charge in [-0.1, -0.05) is 28.1 Å². The lowest BCUT2D eigenvalue weighted by Gasteiger charge is -2.11. The minimum atomic E-state index is -0.178. The largest absolute Gasteiger partial charge is 0.310 e. The quantitative estimate of drug-likeness (QED) is 0.802. The second-order valence-electron chi connectivity index (χ2n) is 3.39. The standard InChI is InChI=1S/C11H15BrFN/c1-9(6-7-12)14-8-10-2-4-11(13)5-3-10/h2-5,9,14H,6-8H2,1H3. The van der Waals surface area contributed by atoms with Gasteiger partial charge in [0.15, 0.2) is 0 Å². The van der Waals surface area contributed by atoms with E-state index in [1.165, 1.54) is 12.1 Å². The Hall–Kier alpha value is -0.410. The second-order valence-corrected chi connectivity index (χ2v) is 4.18. The van der Waals surface area contributed by atoms with Crippen molar-refractivity contribution in [1.29, 1.82) is 0 Å². The highest BCUT2D eigenvalue weighted by molar-refractivity contribution is 9.09. The van der Waals surface area contributed by atoms with Crippen LogP contribution in [0, 0.1) is 5.82 Å². The molecule has 14 heavy (non-hydrogen) atoms. The van der Waals surface area contributed by atoms with E-state index in [0.717, 1.165) is 23.9 Å². The van der Waals surface area contributed by atoms with E-state index < -0.39 is 0 Å². The van der Waals surface area contributed by atoms with Crippen molar-refractivity contribution in [3.8, 4) is 0 Å². The first-order chi connectivity index (χ1) is 6.72. The third-order valence-corrected chi connectivity index (χ3v) is 2.57. The van der Waals surface area contributed by atoms with Crippen LogP contribution < -0.4 is 5.32 Å². The number of hydrogen-bond donors (Lipinski definition) is 1. The lowest BCUT2D eigenvalue weighted by Crippen LogP contribution is -2.25. The summed E-state index contributed by atoms with van der Waals surface area (Å²) in [5, 5.41) is 4.37. The van der Waals surface area contributed by atoms with Gasteiger partial charge >= 0.3 is 0 Å². The van der Waals surface area contributed by atoms with E-state index in [-0.39, 0.29) is 5.82 Å². The molecule has 0 bridgehead atoms. The van der Waals surface area contributed by atoms with Crippen molar-refractivity contribution in [3.63, 3.8) is 0 Å². The van der Waals surface area contributed by atoms with Crippen molar-refractivity contribution < 1.29 is 4.39 Å². The van der Waals surface area contributed by atoms with Crippen molar-refractivity contribution >= 4 is 15.9 Å². The predicted molar refractivity (Wildman–Crippen MR) is 61.1 cm³/mol. The Kier molecular flexibility index (Phi) is 5.12. The Bertz CT molecular complexity index is 260.